The average molecular weight is 610 g/mol. The van der Waals surface area contributed by atoms with Crippen LogP contribution in [-0.2, 0) is 25.7 Å². The molecule has 2 saturated heterocycles. The number of aliphatic hydroxyl groups is 1. The molecule has 1 spiro atoms. The fourth-order valence-electron chi connectivity index (χ4n) is 8.80. The van der Waals surface area contributed by atoms with E-state index >= 15 is 4.79 Å². The Bertz CT molecular complexity index is 1490. The number of rotatable bonds is 7. The zero-order valence-electron chi connectivity index (χ0n) is 26.0. The molecule has 8 heteroatoms. The predicted octanol–water partition coefficient (Wildman–Crippen LogP) is 4.41. The van der Waals surface area contributed by atoms with Gasteiger partial charge >= 0.3 is 0 Å². The van der Waals surface area contributed by atoms with E-state index in [1.165, 1.54) is 0 Å². The molecule has 0 bridgehead atoms. The number of benzene rings is 2. The molecule has 236 valence electrons. The van der Waals surface area contributed by atoms with Gasteiger partial charge in [0.25, 0.3) is 0 Å². The monoisotopic (exact) mass is 609 g/mol. The fourth-order valence-corrected chi connectivity index (χ4v) is 8.80. The Morgan fingerprint density at radius 2 is 1.53 bits per heavy atom. The lowest BCUT2D eigenvalue weighted by Crippen LogP contribution is -2.58. The first-order valence-electron chi connectivity index (χ1n) is 16.6. The Kier molecular flexibility index (Phi) is 7.90. The van der Waals surface area contributed by atoms with Gasteiger partial charge < -0.3 is 24.5 Å². The van der Waals surface area contributed by atoms with Gasteiger partial charge in [-0.1, -0.05) is 111 Å². The topological polar surface area (TPSA) is 90.4 Å². The molecule has 0 radical (unpaired) electrons. The number of carbonyl (C=O) groups is 3. The first-order valence-corrected chi connectivity index (χ1v) is 16.6. The van der Waals surface area contributed by atoms with Crippen LogP contribution in [0.2, 0.25) is 0 Å². The molecule has 1 aliphatic carbocycles. The maximum absolute atomic E-state index is 15.0. The lowest BCUT2D eigenvalue weighted by molar-refractivity contribution is -0.159. The van der Waals surface area contributed by atoms with Crippen molar-refractivity contribution in [1.82, 2.24) is 14.7 Å². The van der Waals surface area contributed by atoms with E-state index in [1.54, 1.807) is 9.80 Å². The summed E-state index contributed by atoms with van der Waals surface area (Å²) in [6.07, 6.45) is 13.5. The fraction of sp³-hybridized carbons (Fsp3) is 0.486. The van der Waals surface area contributed by atoms with Crippen LogP contribution in [0.25, 0.3) is 0 Å². The molecule has 4 aliphatic heterocycles. The van der Waals surface area contributed by atoms with Crippen LogP contribution in [0.15, 0.2) is 85.0 Å². The molecule has 5 aliphatic rings. The lowest BCUT2D eigenvalue weighted by Gasteiger charge is -2.42. The molecule has 1 N–H and O–H groups in total. The largest absolute Gasteiger partial charge is 0.394 e. The van der Waals surface area contributed by atoms with E-state index in [9.17, 15) is 14.7 Å². The third kappa shape index (κ3) is 4.76. The first-order chi connectivity index (χ1) is 21.9. The van der Waals surface area contributed by atoms with Gasteiger partial charge in [-0.25, -0.2) is 0 Å². The maximum Gasteiger partial charge on any atom is 0.249 e. The van der Waals surface area contributed by atoms with E-state index in [2.05, 4.69) is 0 Å². The molecule has 2 aromatic carbocycles. The van der Waals surface area contributed by atoms with E-state index in [0.717, 1.165) is 43.2 Å². The second kappa shape index (κ2) is 11.9. The third-order valence-corrected chi connectivity index (χ3v) is 10.9. The van der Waals surface area contributed by atoms with Crippen LogP contribution in [0, 0.1) is 11.8 Å². The molecule has 7 rings (SSSR count). The molecule has 3 amide bonds. The van der Waals surface area contributed by atoms with E-state index in [-0.39, 0.29) is 30.4 Å². The summed E-state index contributed by atoms with van der Waals surface area (Å²) in [6, 6.07) is 17.6. The van der Waals surface area contributed by atoms with Gasteiger partial charge in [0, 0.05) is 25.7 Å². The van der Waals surface area contributed by atoms with Crippen molar-refractivity contribution in [3.05, 3.63) is 96.1 Å². The van der Waals surface area contributed by atoms with Crippen molar-refractivity contribution >= 4 is 17.7 Å². The van der Waals surface area contributed by atoms with Crippen LogP contribution in [0.5, 0.6) is 0 Å². The highest BCUT2D eigenvalue weighted by molar-refractivity contribution is 6.00. The number of likely N-dealkylation sites (tertiary alicyclic amines) is 1. The van der Waals surface area contributed by atoms with Gasteiger partial charge in [0.2, 0.25) is 17.7 Å². The van der Waals surface area contributed by atoms with Gasteiger partial charge in [0.05, 0.1) is 30.1 Å². The summed E-state index contributed by atoms with van der Waals surface area (Å²) in [6.45, 7) is 2.89. The van der Waals surface area contributed by atoms with Gasteiger partial charge in [-0.2, -0.15) is 0 Å². The summed E-state index contributed by atoms with van der Waals surface area (Å²) in [4.78, 5) is 50.0. The lowest BCUT2D eigenvalue weighted by atomic mass is 9.73. The highest BCUT2D eigenvalue weighted by Gasteiger charge is 2.76. The highest BCUT2D eigenvalue weighted by Crippen LogP contribution is 2.60. The average Bonchev–Trinajstić information content (AvgIpc) is 3.37. The molecule has 1 unspecified atom stereocenters. The minimum atomic E-state index is -1.35. The molecular formula is C37H43N3O5. The summed E-state index contributed by atoms with van der Waals surface area (Å²) in [5.74, 6) is -2.34. The third-order valence-electron chi connectivity index (χ3n) is 10.9. The Labute approximate surface area is 265 Å². The van der Waals surface area contributed by atoms with Gasteiger partial charge in [-0.05, 0) is 30.4 Å². The van der Waals surface area contributed by atoms with Gasteiger partial charge in [0.1, 0.15) is 11.6 Å². The highest BCUT2D eigenvalue weighted by atomic mass is 16.5. The van der Waals surface area contributed by atoms with E-state index in [1.807, 2.05) is 96.8 Å². The number of amides is 3. The second-order valence-electron chi connectivity index (χ2n) is 13.3. The van der Waals surface area contributed by atoms with Crippen LogP contribution >= 0.6 is 0 Å². The van der Waals surface area contributed by atoms with Crippen molar-refractivity contribution < 1.29 is 24.2 Å². The van der Waals surface area contributed by atoms with Gasteiger partial charge in [-0.15, -0.1) is 0 Å². The smallest absolute Gasteiger partial charge is 0.249 e. The maximum atomic E-state index is 15.0. The van der Waals surface area contributed by atoms with Crippen molar-refractivity contribution in [2.45, 2.75) is 81.3 Å². The molecule has 0 aromatic heterocycles. The van der Waals surface area contributed by atoms with Crippen molar-refractivity contribution in [1.29, 1.82) is 0 Å². The summed E-state index contributed by atoms with van der Waals surface area (Å²) in [7, 11) is 0. The molecule has 4 heterocycles. The summed E-state index contributed by atoms with van der Waals surface area (Å²) < 4.78 is 7.17. The summed E-state index contributed by atoms with van der Waals surface area (Å²) >= 11 is 0. The molecule has 6 atom stereocenters. The normalized spacial score (nSPS) is 32.3. The number of nitrogens with zero attached hydrogens (tertiary/aromatic N) is 3. The van der Waals surface area contributed by atoms with Crippen LogP contribution in [0.4, 0.5) is 0 Å². The van der Waals surface area contributed by atoms with Crippen molar-refractivity contribution in [3.63, 3.8) is 0 Å². The van der Waals surface area contributed by atoms with Crippen molar-refractivity contribution in [2.24, 2.45) is 11.8 Å². The number of hydrogen-bond donors (Lipinski definition) is 1. The number of hydrogen-bond acceptors (Lipinski definition) is 5. The summed E-state index contributed by atoms with van der Waals surface area (Å²) in [5.41, 5.74) is -0.644. The van der Waals surface area contributed by atoms with E-state index in [0.29, 0.717) is 26.1 Å². The first kappa shape index (κ1) is 29.9. The summed E-state index contributed by atoms with van der Waals surface area (Å²) in [5, 5.41) is 10.8. The Hall–Kier alpha value is -3.75. The molecule has 1 saturated carbocycles. The minimum Gasteiger partial charge on any atom is -0.394 e. The van der Waals surface area contributed by atoms with Crippen LogP contribution in [0.1, 0.15) is 62.6 Å². The Morgan fingerprint density at radius 3 is 2.22 bits per heavy atom. The zero-order valence-corrected chi connectivity index (χ0v) is 26.0. The number of carbonyl (C=O) groups excluding carboxylic acids is 3. The quantitative estimate of drug-likeness (QED) is 0.470. The molecule has 2 aromatic rings. The Morgan fingerprint density at radius 1 is 0.844 bits per heavy atom. The predicted molar refractivity (Wildman–Crippen MR) is 169 cm³/mol. The molecule has 8 nitrogen and oxygen atoms in total. The molecular weight excluding hydrogens is 566 g/mol. The number of aliphatic hydroxyl groups excluding tert-OH is 1. The van der Waals surface area contributed by atoms with E-state index in [4.69, 9.17) is 4.74 Å². The SMILES string of the molecule is CC[C@]12C=CCN(Cc3ccccc3)C(=O)[C@H]1[C@H]1C(=O)N([C@H](CO)c3ccccc3)C3C(=O)N(C4CCCCC4)CC=C[C@@]31O2. The van der Waals surface area contributed by atoms with Crippen molar-refractivity contribution in [2.75, 3.05) is 19.7 Å². The van der Waals surface area contributed by atoms with Crippen molar-refractivity contribution in [3.8, 4) is 0 Å². The Balaban J connectivity index is 1.36. The standard InChI is InChI=1S/C37H43N3O5/c1-2-36-20-12-22-38(24-26-14-6-3-7-15-26)33(42)30(36)31-34(43)40(29(25-41)27-16-8-4-9-17-27)32-35(44)39(28-18-10-5-11-19-28)23-13-21-37(31,32)45-36/h3-4,6-9,12-17,20-21,28-32,41H,2,5,10-11,18-19,22-25H2,1H3/t29-,30-,31+,32?,36+,37+/m1/s1. The minimum absolute atomic E-state index is 0.0845. The van der Waals surface area contributed by atoms with Crippen LogP contribution < -0.4 is 0 Å². The number of ether oxygens (including phenoxy) is 1. The van der Waals surface area contributed by atoms with E-state index < -0.39 is 35.1 Å². The van der Waals surface area contributed by atoms with Gasteiger partial charge in [0.15, 0.2) is 0 Å². The zero-order chi connectivity index (χ0) is 31.2. The van der Waals surface area contributed by atoms with Crippen LogP contribution in [0.3, 0.4) is 0 Å². The van der Waals surface area contributed by atoms with Gasteiger partial charge in [-0.3, -0.25) is 14.4 Å². The number of fused-ring (bicyclic) bond motifs is 2. The second-order valence-corrected chi connectivity index (χ2v) is 13.3. The molecule has 45 heavy (non-hydrogen) atoms. The van der Waals surface area contributed by atoms with Crippen LogP contribution in [-0.4, -0.2) is 80.5 Å². The molecule has 3 fully saturated rings.